The quantitative estimate of drug-likeness (QED) is 0.671. The van der Waals surface area contributed by atoms with E-state index >= 15 is 0 Å². The van der Waals surface area contributed by atoms with E-state index in [2.05, 4.69) is 64.1 Å². The normalized spacial score (nSPS) is 21.6. The molecule has 0 saturated heterocycles. The third kappa shape index (κ3) is 3.13. The number of nitrogens with zero attached hydrogens (tertiary/aromatic N) is 1. The fraction of sp³-hybridized carbons (Fsp3) is 0.417. The molecule has 1 aromatic rings. The van der Waals surface area contributed by atoms with Crippen LogP contribution in [-0.4, -0.2) is 21.4 Å². The molecule has 0 fully saturated rings. The van der Waals surface area contributed by atoms with Crippen LogP contribution in [0, 0.1) is 0 Å². The van der Waals surface area contributed by atoms with Crippen LogP contribution in [-0.2, 0) is 0 Å². The number of hydrogen-bond acceptors (Lipinski definition) is 3. The van der Waals surface area contributed by atoms with E-state index in [1.165, 1.54) is 5.56 Å². The van der Waals surface area contributed by atoms with Crippen LogP contribution in [0.25, 0.3) is 0 Å². The second kappa shape index (κ2) is 5.91. The van der Waals surface area contributed by atoms with Crippen molar-refractivity contribution < 1.29 is 0 Å². The van der Waals surface area contributed by atoms with Crippen molar-refractivity contribution in [2.24, 2.45) is 4.99 Å². The van der Waals surface area contributed by atoms with Crippen LogP contribution < -0.4 is 5.32 Å². The summed E-state index contributed by atoms with van der Waals surface area (Å²) >= 11 is 4.29. The summed E-state index contributed by atoms with van der Waals surface area (Å²) in [5.74, 6) is 0. The average Bonchev–Trinajstić information content (AvgIpc) is 2.78. The van der Waals surface area contributed by atoms with Gasteiger partial charge in [0.2, 0.25) is 0 Å². The molecule has 4 heteroatoms. The highest BCUT2D eigenvalue weighted by molar-refractivity contribution is 14.1. The Morgan fingerprint density at radius 1 is 1.50 bits per heavy atom. The zero-order chi connectivity index (χ0) is 11.4. The Morgan fingerprint density at radius 3 is 2.88 bits per heavy atom. The van der Waals surface area contributed by atoms with Gasteiger partial charge in [-0.05, 0) is 12.5 Å². The molecule has 1 aliphatic heterocycles. The number of nitrogens with one attached hydrogen (secondary N) is 1. The number of rotatable bonds is 3. The van der Waals surface area contributed by atoms with Gasteiger partial charge in [-0.2, -0.15) is 0 Å². The molecule has 1 heterocycles. The third-order valence-electron chi connectivity index (χ3n) is 2.53. The predicted molar refractivity (Wildman–Crippen MR) is 80.6 cm³/mol. The monoisotopic (exact) mass is 346 g/mol. The van der Waals surface area contributed by atoms with E-state index in [0.717, 1.165) is 16.1 Å². The molecule has 0 spiro atoms. The van der Waals surface area contributed by atoms with Gasteiger partial charge in [-0.15, -0.1) is 0 Å². The van der Waals surface area contributed by atoms with Gasteiger partial charge in [0.05, 0.1) is 12.6 Å². The van der Waals surface area contributed by atoms with Crippen molar-refractivity contribution in [3.63, 3.8) is 0 Å². The van der Waals surface area contributed by atoms with E-state index in [9.17, 15) is 0 Å². The van der Waals surface area contributed by atoms with Crippen LogP contribution in [0.1, 0.15) is 18.5 Å². The van der Waals surface area contributed by atoms with Crippen LogP contribution in [0.3, 0.4) is 0 Å². The lowest BCUT2D eigenvalue weighted by atomic mass is 10.1. The van der Waals surface area contributed by atoms with Gasteiger partial charge in [-0.25, -0.2) is 0 Å². The fourth-order valence-corrected chi connectivity index (χ4v) is 3.33. The van der Waals surface area contributed by atoms with Gasteiger partial charge in [0, 0.05) is 9.68 Å². The second-order valence-corrected chi connectivity index (χ2v) is 5.99. The zero-order valence-electron chi connectivity index (χ0n) is 9.19. The van der Waals surface area contributed by atoms with Gasteiger partial charge in [0.15, 0.2) is 5.17 Å². The first kappa shape index (κ1) is 12.2. The molecule has 86 valence electrons. The number of hydrogen-bond donors (Lipinski definition) is 1. The van der Waals surface area contributed by atoms with E-state index in [4.69, 9.17) is 0 Å². The molecule has 0 amide bonds. The largest absolute Gasteiger partial charge is 0.358 e. The molecule has 0 bridgehead atoms. The van der Waals surface area contributed by atoms with E-state index in [1.54, 1.807) is 0 Å². The van der Waals surface area contributed by atoms with Crippen molar-refractivity contribution in [2.45, 2.75) is 18.2 Å². The Kier molecular flexibility index (Phi) is 4.52. The van der Waals surface area contributed by atoms with Gasteiger partial charge < -0.3 is 5.32 Å². The van der Waals surface area contributed by atoms with Gasteiger partial charge >= 0.3 is 0 Å². The van der Waals surface area contributed by atoms with Crippen molar-refractivity contribution in [1.82, 2.24) is 5.32 Å². The molecular weight excluding hydrogens is 331 g/mol. The first-order valence-corrected chi connectivity index (χ1v) is 7.78. The van der Waals surface area contributed by atoms with Crippen molar-refractivity contribution in [3.8, 4) is 0 Å². The molecular formula is C12H15IN2S. The van der Waals surface area contributed by atoms with Crippen molar-refractivity contribution in [1.29, 1.82) is 0 Å². The minimum atomic E-state index is 0.334. The lowest BCUT2D eigenvalue weighted by Crippen LogP contribution is -2.23. The van der Waals surface area contributed by atoms with Crippen molar-refractivity contribution in [3.05, 3.63) is 35.9 Å². The van der Waals surface area contributed by atoms with Gasteiger partial charge in [-0.3, -0.25) is 4.99 Å². The van der Waals surface area contributed by atoms with Crippen LogP contribution in [0.2, 0.25) is 0 Å². The second-order valence-electron chi connectivity index (χ2n) is 3.82. The zero-order valence-corrected chi connectivity index (χ0v) is 12.2. The minimum Gasteiger partial charge on any atom is -0.358 e. The molecule has 0 aromatic heterocycles. The molecule has 0 aliphatic carbocycles. The number of halogens is 1. The Hall–Kier alpha value is -0.230. The Labute approximate surface area is 114 Å². The number of amidine groups is 1. The molecule has 2 rings (SSSR count). The number of thioether (sulfide) groups is 1. The molecule has 2 atom stereocenters. The van der Waals surface area contributed by atoms with E-state index in [0.29, 0.717) is 11.3 Å². The maximum Gasteiger partial charge on any atom is 0.157 e. The SMILES string of the molecule is C[C@H](NC1=NC[C@H](CI)S1)c1ccccc1. The summed E-state index contributed by atoms with van der Waals surface area (Å²) in [6.07, 6.45) is 0. The smallest absolute Gasteiger partial charge is 0.157 e. The maximum absolute atomic E-state index is 4.52. The molecule has 16 heavy (non-hydrogen) atoms. The molecule has 2 nitrogen and oxygen atoms in total. The minimum absolute atomic E-state index is 0.334. The summed E-state index contributed by atoms with van der Waals surface area (Å²) in [5.41, 5.74) is 1.31. The van der Waals surface area contributed by atoms with Crippen LogP contribution in [0.4, 0.5) is 0 Å². The van der Waals surface area contributed by atoms with Crippen LogP contribution in [0.5, 0.6) is 0 Å². The molecule has 0 unspecified atom stereocenters. The van der Waals surface area contributed by atoms with E-state index in [-0.39, 0.29) is 0 Å². The van der Waals surface area contributed by atoms with Gasteiger partial charge in [-0.1, -0.05) is 64.7 Å². The molecule has 1 aromatic carbocycles. The standard InChI is InChI=1S/C12H15IN2S/c1-9(10-5-3-2-4-6-10)15-12-14-8-11(7-13)16-12/h2-6,9,11H,7-8H2,1H3,(H,14,15)/t9-,11-/m0/s1. The maximum atomic E-state index is 4.52. The first-order chi connectivity index (χ1) is 7.79. The Bertz CT molecular complexity index is 367. The van der Waals surface area contributed by atoms with Gasteiger partial charge in [0.25, 0.3) is 0 Å². The summed E-state index contributed by atoms with van der Waals surface area (Å²) in [6, 6.07) is 10.8. The first-order valence-electron chi connectivity index (χ1n) is 5.38. The van der Waals surface area contributed by atoms with E-state index in [1.807, 2.05) is 17.8 Å². The third-order valence-corrected chi connectivity index (χ3v) is 5.31. The van der Waals surface area contributed by atoms with Crippen molar-refractivity contribution >= 4 is 39.5 Å². The molecule has 0 radical (unpaired) electrons. The Balaban J connectivity index is 1.91. The number of aliphatic imine (C=N–C) groups is 1. The lowest BCUT2D eigenvalue weighted by molar-refractivity contribution is 0.723. The fourth-order valence-electron chi connectivity index (χ4n) is 1.59. The molecule has 1 aliphatic rings. The highest BCUT2D eigenvalue weighted by Crippen LogP contribution is 2.23. The molecule has 0 saturated carbocycles. The van der Waals surface area contributed by atoms with Crippen LogP contribution in [0.15, 0.2) is 35.3 Å². The summed E-state index contributed by atoms with van der Waals surface area (Å²) in [7, 11) is 0. The van der Waals surface area contributed by atoms with E-state index < -0.39 is 0 Å². The predicted octanol–water partition coefficient (Wildman–Crippen LogP) is 3.24. The summed E-state index contributed by atoms with van der Waals surface area (Å²) in [4.78, 5) is 4.52. The summed E-state index contributed by atoms with van der Waals surface area (Å²) < 4.78 is 1.16. The summed E-state index contributed by atoms with van der Waals surface area (Å²) in [6.45, 7) is 3.13. The number of alkyl halides is 1. The lowest BCUT2D eigenvalue weighted by Gasteiger charge is -2.15. The molecule has 1 N–H and O–H groups in total. The number of benzene rings is 1. The van der Waals surface area contributed by atoms with Crippen LogP contribution >= 0.6 is 34.4 Å². The highest BCUT2D eigenvalue weighted by atomic mass is 127. The van der Waals surface area contributed by atoms with Gasteiger partial charge in [0.1, 0.15) is 0 Å². The summed E-state index contributed by atoms with van der Waals surface area (Å²) in [5, 5.41) is 5.22. The Morgan fingerprint density at radius 2 is 2.25 bits per heavy atom. The van der Waals surface area contributed by atoms with Crippen molar-refractivity contribution in [2.75, 3.05) is 11.0 Å². The topological polar surface area (TPSA) is 24.4 Å². The highest BCUT2D eigenvalue weighted by Gasteiger charge is 2.19. The average molecular weight is 346 g/mol.